The van der Waals surface area contributed by atoms with Crippen LogP contribution >= 0.6 is 23.2 Å². The number of fused-ring (bicyclic) bond motifs is 1. The van der Waals surface area contributed by atoms with Gasteiger partial charge in [0.1, 0.15) is 10.7 Å². The number of hydrogen-bond acceptors (Lipinski definition) is 4. The molecule has 0 radical (unpaired) electrons. The van der Waals surface area contributed by atoms with Gasteiger partial charge in [-0.2, -0.15) is 5.10 Å². The molecule has 0 N–H and O–H groups in total. The Balaban J connectivity index is 2.10. The van der Waals surface area contributed by atoms with Crippen molar-refractivity contribution in [2.75, 3.05) is 7.11 Å². The Kier molecular flexibility index (Phi) is 4.24. The van der Waals surface area contributed by atoms with Gasteiger partial charge in [0.05, 0.1) is 13.3 Å². The fourth-order valence-corrected chi connectivity index (χ4v) is 2.94. The van der Waals surface area contributed by atoms with Crippen molar-refractivity contribution in [3.8, 4) is 0 Å². The van der Waals surface area contributed by atoms with Gasteiger partial charge in [0.2, 0.25) is 0 Å². The van der Waals surface area contributed by atoms with Crippen LogP contribution in [0, 0.1) is 6.92 Å². The van der Waals surface area contributed by atoms with Gasteiger partial charge in [-0.05, 0) is 24.6 Å². The molecule has 0 bridgehead atoms. The van der Waals surface area contributed by atoms with Crippen LogP contribution in [0.3, 0.4) is 0 Å². The average molecular weight is 350 g/mol. The molecular formula is C16H13Cl2N3O2. The largest absolute Gasteiger partial charge is 0.465 e. The summed E-state index contributed by atoms with van der Waals surface area (Å²) in [6.07, 6.45) is 1.98. The minimum Gasteiger partial charge on any atom is -0.465 e. The number of carbonyl (C=O) groups excluding carboxylic acids is 1. The molecule has 0 amide bonds. The van der Waals surface area contributed by atoms with Crippen LogP contribution in [0.2, 0.25) is 10.2 Å². The molecule has 0 saturated heterocycles. The molecule has 7 heteroatoms. The summed E-state index contributed by atoms with van der Waals surface area (Å²) in [5, 5.41) is 5.23. The molecule has 3 aromatic rings. The fourth-order valence-electron chi connectivity index (χ4n) is 2.40. The topological polar surface area (TPSA) is 56.5 Å². The molecule has 5 nitrogen and oxygen atoms in total. The number of benzene rings is 1. The smallest absolute Gasteiger partial charge is 0.343 e. The Morgan fingerprint density at radius 2 is 2.13 bits per heavy atom. The summed E-state index contributed by atoms with van der Waals surface area (Å²) < 4.78 is 6.18. The molecule has 0 atom stereocenters. The number of aromatic nitrogens is 3. The molecule has 3 rings (SSSR count). The van der Waals surface area contributed by atoms with Crippen molar-refractivity contribution in [2.45, 2.75) is 13.3 Å². The number of carbonyl (C=O) groups is 1. The lowest BCUT2D eigenvalue weighted by Crippen LogP contribution is -2.06. The summed E-state index contributed by atoms with van der Waals surface area (Å²) in [4.78, 5) is 16.2. The fraction of sp³-hybridized carbons (Fsp3) is 0.188. The molecule has 0 aliphatic heterocycles. The van der Waals surface area contributed by atoms with Crippen molar-refractivity contribution < 1.29 is 9.53 Å². The van der Waals surface area contributed by atoms with Gasteiger partial charge in [0.25, 0.3) is 0 Å². The molecule has 0 aliphatic carbocycles. The SMILES string of the molecule is COC(=O)c1cnn2c(Cl)c(Cc3cccc(Cl)c3)c(C)nc12. The van der Waals surface area contributed by atoms with E-state index in [1.807, 2.05) is 31.2 Å². The second kappa shape index (κ2) is 6.18. The standard InChI is InChI=1S/C16H13Cl2N3O2/c1-9-12(7-10-4-3-5-11(17)6-10)14(18)21-15(20-9)13(8-19-21)16(22)23-2/h3-6,8H,7H2,1-2H3. The molecule has 118 valence electrons. The van der Waals surface area contributed by atoms with Gasteiger partial charge in [0, 0.05) is 22.7 Å². The van der Waals surface area contributed by atoms with Crippen LogP contribution in [-0.2, 0) is 11.2 Å². The maximum absolute atomic E-state index is 11.8. The van der Waals surface area contributed by atoms with Gasteiger partial charge < -0.3 is 4.74 Å². The Bertz CT molecular complexity index is 906. The van der Waals surface area contributed by atoms with Gasteiger partial charge in [-0.3, -0.25) is 0 Å². The quantitative estimate of drug-likeness (QED) is 0.534. The first kappa shape index (κ1) is 15.8. The van der Waals surface area contributed by atoms with E-state index in [-0.39, 0.29) is 5.56 Å². The third kappa shape index (κ3) is 2.90. The first-order valence-corrected chi connectivity index (χ1v) is 7.62. The minimum absolute atomic E-state index is 0.284. The van der Waals surface area contributed by atoms with Crippen LogP contribution in [0.5, 0.6) is 0 Å². The Hall–Kier alpha value is -2.11. The van der Waals surface area contributed by atoms with E-state index in [0.717, 1.165) is 16.8 Å². The number of methoxy groups -OCH3 is 1. The molecule has 23 heavy (non-hydrogen) atoms. The maximum Gasteiger partial charge on any atom is 0.343 e. The highest BCUT2D eigenvalue weighted by molar-refractivity contribution is 6.31. The van der Waals surface area contributed by atoms with Crippen molar-refractivity contribution in [3.05, 3.63) is 63.0 Å². The van der Waals surface area contributed by atoms with Crippen LogP contribution in [0.15, 0.2) is 30.5 Å². The van der Waals surface area contributed by atoms with Crippen molar-refractivity contribution >= 4 is 34.8 Å². The number of aryl methyl sites for hydroxylation is 1. The van der Waals surface area contributed by atoms with Crippen LogP contribution in [0.4, 0.5) is 0 Å². The highest BCUT2D eigenvalue weighted by atomic mass is 35.5. The summed E-state index contributed by atoms with van der Waals surface area (Å²) in [6, 6.07) is 7.55. The summed E-state index contributed by atoms with van der Waals surface area (Å²) in [5.74, 6) is -0.495. The molecule has 2 heterocycles. The number of halogens is 2. The third-order valence-corrected chi connectivity index (χ3v) is 4.19. The van der Waals surface area contributed by atoms with Crippen molar-refractivity contribution in [2.24, 2.45) is 0 Å². The molecule has 0 fully saturated rings. The highest BCUT2D eigenvalue weighted by Crippen LogP contribution is 2.25. The van der Waals surface area contributed by atoms with Crippen LogP contribution in [-0.4, -0.2) is 27.7 Å². The number of rotatable bonds is 3. The van der Waals surface area contributed by atoms with E-state index in [4.69, 9.17) is 27.9 Å². The lowest BCUT2D eigenvalue weighted by molar-refractivity contribution is 0.0602. The van der Waals surface area contributed by atoms with E-state index in [1.54, 1.807) is 0 Å². The van der Waals surface area contributed by atoms with Crippen molar-refractivity contribution in [3.63, 3.8) is 0 Å². The van der Waals surface area contributed by atoms with Gasteiger partial charge >= 0.3 is 5.97 Å². The average Bonchev–Trinajstić information content (AvgIpc) is 2.94. The summed E-state index contributed by atoms with van der Waals surface area (Å²) >= 11 is 12.5. The minimum atomic E-state index is -0.495. The number of nitrogens with zero attached hydrogens (tertiary/aromatic N) is 3. The predicted molar refractivity (Wildman–Crippen MR) is 88.3 cm³/mol. The summed E-state index contributed by atoms with van der Waals surface area (Å²) in [5.41, 5.74) is 3.25. The Morgan fingerprint density at radius 3 is 2.83 bits per heavy atom. The Morgan fingerprint density at radius 1 is 1.35 bits per heavy atom. The number of hydrogen-bond donors (Lipinski definition) is 0. The lowest BCUT2D eigenvalue weighted by Gasteiger charge is -2.10. The normalized spacial score (nSPS) is 11.0. The molecular weight excluding hydrogens is 337 g/mol. The van der Waals surface area contributed by atoms with E-state index >= 15 is 0 Å². The van der Waals surface area contributed by atoms with Gasteiger partial charge in [-0.1, -0.05) is 35.3 Å². The molecule has 0 saturated carbocycles. The third-order valence-electron chi connectivity index (χ3n) is 3.56. The van der Waals surface area contributed by atoms with E-state index < -0.39 is 5.97 Å². The molecule has 2 aromatic heterocycles. The highest BCUT2D eigenvalue weighted by Gasteiger charge is 2.19. The zero-order chi connectivity index (χ0) is 16.6. The van der Waals surface area contributed by atoms with Crippen LogP contribution < -0.4 is 0 Å². The lowest BCUT2D eigenvalue weighted by atomic mass is 10.1. The zero-order valence-electron chi connectivity index (χ0n) is 12.5. The van der Waals surface area contributed by atoms with Crippen LogP contribution in [0.25, 0.3) is 5.65 Å². The predicted octanol–water partition coefficient (Wildman–Crippen LogP) is 3.72. The first-order valence-electron chi connectivity index (χ1n) is 6.86. The van der Waals surface area contributed by atoms with Gasteiger partial charge in [0.15, 0.2) is 5.65 Å². The van der Waals surface area contributed by atoms with Crippen molar-refractivity contribution in [1.82, 2.24) is 14.6 Å². The number of ether oxygens (including phenoxy) is 1. The number of esters is 1. The van der Waals surface area contributed by atoms with E-state index in [1.165, 1.54) is 17.8 Å². The second-order valence-electron chi connectivity index (χ2n) is 5.06. The summed E-state index contributed by atoms with van der Waals surface area (Å²) in [7, 11) is 1.31. The second-order valence-corrected chi connectivity index (χ2v) is 5.85. The summed E-state index contributed by atoms with van der Waals surface area (Å²) in [6.45, 7) is 1.85. The first-order chi connectivity index (χ1) is 11.0. The van der Waals surface area contributed by atoms with E-state index in [9.17, 15) is 4.79 Å². The van der Waals surface area contributed by atoms with E-state index in [2.05, 4.69) is 10.1 Å². The van der Waals surface area contributed by atoms with E-state index in [0.29, 0.717) is 22.2 Å². The molecule has 0 spiro atoms. The maximum atomic E-state index is 11.8. The molecule has 0 unspecified atom stereocenters. The van der Waals surface area contributed by atoms with Crippen molar-refractivity contribution in [1.29, 1.82) is 0 Å². The monoisotopic (exact) mass is 349 g/mol. The van der Waals surface area contributed by atoms with Crippen LogP contribution in [0.1, 0.15) is 27.2 Å². The molecule has 0 aliphatic rings. The Labute approximate surface area is 142 Å². The molecule has 1 aromatic carbocycles. The van der Waals surface area contributed by atoms with Gasteiger partial charge in [-0.25, -0.2) is 14.3 Å². The zero-order valence-corrected chi connectivity index (χ0v) is 14.0. The van der Waals surface area contributed by atoms with Gasteiger partial charge in [-0.15, -0.1) is 0 Å².